The molecule has 0 N–H and O–H groups in total. The molecular formula is C54B32O. The van der Waals surface area contributed by atoms with Crippen molar-refractivity contribution in [2.24, 2.45) is 0 Å². The predicted molar refractivity (Wildman–Crippen MR) is 407 cm³/mol. The summed E-state index contributed by atoms with van der Waals surface area (Å²) in [5.74, 6) is 0. The Hall–Kier alpha value is -5.14. The molecule has 0 saturated heterocycles. The van der Waals surface area contributed by atoms with Crippen LogP contribution in [-0.4, -0.2) is 251 Å². The van der Waals surface area contributed by atoms with Crippen molar-refractivity contribution in [3.63, 3.8) is 0 Å². The fourth-order valence-corrected chi connectivity index (χ4v) is 12.8. The third kappa shape index (κ3) is 7.74. The number of rotatable bonds is 3. The molecule has 0 bridgehead atoms. The van der Waals surface area contributed by atoms with Gasteiger partial charge in [-0.05, 0) is 98.1 Å². The van der Waals surface area contributed by atoms with Gasteiger partial charge in [-0.2, -0.15) is 0 Å². The Kier molecular flexibility index (Phi) is 14.8. The van der Waals surface area contributed by atoms with Crippen LogP contribution in [0.2, 0.25) is 0 Å². The van der Waals surface area contributed by atoms with E-state index in [9.17, 15) is 0 Å². The van der Waals surface area contributed by atoms with E-state index in [1.807, 2.05) is 0 Å². The second-order valence-electron chi connectivity index (χ2n) is 21.5. The Balaban J connectivity index is 1.35. The molecule has 33 heteroatoms. The number of furan rings is 1. The highest BCUT2D eigenvalue weighted by Crippen LogP contribution is 2.43. The number of benzene rings is 11. The summed E-state index contributed by atoms with van der Waals surface area (Å²) in [6, 6.07) is 0. The maximum absolute atomic E-state index is 7.48. The van der Waals surface area contributed by atoms with E-state index in [1.165, 1.54) is 0 Å². The van der Waals surface area contributed by atoms with Crippen LogP contribution in [0, 0.1) is 0 Å². The minimum atomic E-state index is -0.317. The minimum Gasteiger partial charge on any atom is -0.456 e. The third-order valence-electron chi connectivity index (χ3n) is 17.4. The van der Waals surface area contributed by atoms with E-state index >= 15 is 0 Å². The molecule has 11 aromatic carbocycles. The summed E-state index contributed by atoms with van der Waals surface area (Å²) in [4.78, 5) is 0. The summed E-state index contributed by atoms with van der Waals surface area (Å²) in [5.41, 5.74) is -6.71. The fraction of sp³-hybridized carbons (Fsp3) is 0. The van der Waals surface area contributed by atoms with Crippen molar-refractivity contribution in [3.05, 3.63) is 0 Å². The summed E-state index contributed by atoms with van der Waals surface area (Å²) in [6.07, 6.45) is 0. The van der Waals surface area contributed by atoms with E-state index in [4.69, 9.17) is 255 Å². The van der Waals surface area contributed by atoms with Gasteiger partial charge >= 0.3 is 0 Å². The Morgan fingerprint density at radius 1 is 0.103 bits per heavy atom. The molecule has 1 aromatic heterocycles. The molecule has 318 valence electrons. The van der Waals surface area contributed by atoms with E-state index in [1.54, 1.807) is 0 Å². The van der Waals surface area contributed by atoms with Gasteiger partial charge in [0.2, 0.25) is 0 Å². The summed E-state index contributed by atoms with van der Waals surface area (Å²) in [7, 11) is 221. The summed E-state index contributed by atoms with van der Waals surface area (Å²) >= 11 is 0. The zero-order valence-corrected chi connectivity index (χ0v) is 45.9. The standard InChI is InChI=1S/C54B32O/c55-21-16(34(68)35(69)18-17(21)36(70)50(84)51(85)37(18)71)12-9-8(28(62)45(79)46(80)29(9)63)5(22(56)23(12)57)1-3-6(26(60)43(77)41(75)24(3)58)2(7-4(1)25(59)42(76)44(78)27(7)61)15-33(67)38(72)20-14-11-10(30(64)47(81)48(82)31(11)65)13-19(53(14)87-54(20)40(15)74)39(73)52(86)49(83)32(13)66. The molecule has 0 amide bonds. The second-order valence-corrected chi connectivity index (χ2v) is 21.5. The lowest BCUT2D eigenvalue weighted by molar-refractivity contribution is 0.676. The molecule has 12 rings (SSSR count). The highest BCUT2D eigenvalue weighted by atomic mass is 16.3. The fourth-order valence-electron chi connectivity index (χ4n) is 12.8. The lowest BCUT2D eigenvalue weighted by Gasteiger charge is -2.33. The second kappa shape index (κ2) is 20.7. The summed E-state index contributed by atoms with van der Waals surface area (Å²) in [5, 5.41) is 0.346. The summed E-state index contributed by atoms with van der Waals surface area (Å²) in [6.45, 7) is 0. The molecule has 64 radical (unpaired) electrons. The average molecular weight is 1010 g/mol. The Morgan fingerprint density at radius 2 is 0.287 bits per heavy atom. The van der Waals surface area contributed by atoms with Crippen LogP contribution in [-0.2, 0) is 0 Å². The molecule has 12 aromatic rings. The molecule has 1 nitrogen and oxygen atoms in total. The first-order chi connectivity index (χ1) is 40.6. The molecule has 0 aliphatic heterocycles. The number of hydrogen-bond acceptors (Lipinski definition) is 1. The first kappa shape index (κ1) is 62.1. The minimum absolute atomic E-state index is 0.0308. The van der Waals surface area contributed by atoms with E-state index in [0.29, 0.717) is 0 Å². The molecule has 0 saturated carbocycles. The van der Waals surface area contributed by atoms with Crippen LogP contribution >= 0.6 is 0 Å². The molecule has 87 heavy (non-hydrogen) atoms. The monoisotopic (exact) mass is 1020 g/mol. The van der Waals surface area contributed by atoms with Gasteiger partial charge in [0, 0.05) is 16.2 Å². The Labute approximate surface area is 546 Å². The van der Waals surface area contributed by atoms with Crippen molar-refractivity contribution in [1.82, 2.24) is 0 Å². The van der Waals surface area contributed by atoms with E-state index < -0.39 is 0 Å². The van der Waals surface area contributed by atoms with Crippen molar-refractivity contribution in [2.45, 2.75) is 0 Å². The lowest BCUT2D eigenvalue weighted by Crippen LogP contribution is -2.53. The quantitative estimate of drug-likeness (QED) is 0.0977. The molecule has 0 fully saturated rings. The van der Waals surface area contributed by atoms with Gasteiger partial charge in [-0.3, -0.25) is 0 Å². The lowest BCUT2D eigenvalue weighted by atomic mass is 9.55. The molecular weight excluding hydrogens is 1010 g/mol. The number of hydrogen-bond donors (Lipinski definition) is 0. The molecule has 0 aliphatic rings. The third-order valence-corrected chi connectivity index (χ3v) is 17.4. The summed E-state index contributed by atoms with van der Waals surface area (Å²) < 4.78 is 6.86. The smallest absolute Gasteiger partial charge is 0.143 e. The van der Waals surface area contributed by atoms with E-state index in [-0.39, 0.29) is 295 Å². The molecule has 0 unspecified atom stereocenters. The average Bonchev–Trinajstić information content (AvgIpc) is 1.66. The molecule has 0 aliphatic carbocycles. The molecule has 1 heterocycles. The van der Waals surface area contributed by atoms with Crippen LogP contribution < -0.4 is 175 Å². The maximum atomic E-state index is 7.48. The topological polar surface area (TPSA) is 13.1 Å². The van der Waals surface area contributed by atoms with Gasteiger partial charge in [-0.25, -0.2) is 0 Å². The van der Waals surface area contributed by atoms with Crippen LogP contribution in [0.15, 0.2) is 4.42 Å². The first-order valence-electron chi connectivity index (χ1n) is 25.6. The van der Waals surface area contributed by atoms with Gasteiger partial charge in [0.05, 0.1) is 0 Å². The van der Waals surface area contributed by atoms with Crippen molar-refractivity contribution in [2.75, 3.05) is 0 Å². The van der Waals surface area contributed by atoms with Crippen molar-refractivity contribution >= 4 is 512 Å². The van der Waals surface area contributed by atoms with E-state index in [2.05, 4.69) is 0 Å². The van der Waals surface area contributed by atoms with Crippen LogP contribution in [0.1, 0.15) is 0 Å². The van der Waals surface area contributed by atoms with Crippen molar-refractivity contribution < 1.29 is 4.42 Å². The van der Waals surface area contributed by atoms with Gasteiger partial charge in [-0.1, -0.05) is 104 Å². The van der Waals surface area contributed by atoms with Crippen LogP contribution in [0.4, 0.5) is 0 Å². The maximum Gasteiger partial charge on any atom is 0.143 e. The zero-order chi connectivity index (χ0) is 63.9. The van der Waals surface area contributed by atoms with E-state index in [0.717, 1.165) is 0 Å². The Bertz CT molecular complexity index is 5330. The first-order valence-corrected chi connectivity index (χ1v) is 25.6. The normalized spacial score (nSPS) is 12.0. The van der Waals surface area contributed by atoms with Gasteiger partial charge in [0.25, 0.3) is 0 Å². The van der Waals surface area contributed by atoms with Gasteiger partial charge in [-0.15, -0.1) is 65.6 Å². The van der Waals surface area contributed by atoms with Crippen LogP contribution in [0.25, 0.3) is 120 Å². The molecule has 0 spiro atoms. The van der Waals surface area contributed by atoms with Gasteiger partial charge in [0.1, 0.15) is 262 Å². The van der Waals surface area contributed by atoms with Gasteiger partial charge < -0.3 is 4.42 Å². The number of fused-ring (bicyclic) bond motifs is 12. The molecule has 0 atom stereocenters. The SMILES string of the molecule is [B]c1c([B])c([B])c2c([B])c(-c3c([B])c([B])c(-c4c5c([B])c([B])c([B])c([B])c5c(-c5c([B])c([B])c6c(oc7c8c([B])c([B])c([B])c([B])c8c8c([B])c([B])c([B])c([B])c8c76)c5[B])c5c([B])c([B])c([B])c([B])c45)c4c([B])c([B])c([B])c([B])c34)c([B])c([B])c2c1[B]. The zero-order valence-electron chi connectivity index (χ0n) is 45.9. The largest absolute Gasteiger partial charge is 0.456 e. The highest BCUT2D eigenvalue weighted by Gasteiger charge is 2.33. The highest BCUT2D eigenvalue weighted by molar-refractivity contribution is 6.79. The predicted octanol–water partition coefficient (Wildman–Crippen LogP) is -23.1. The van der Waals surface area contributed by atoms with Crippen LogP contribution in [0.5, 0.6) is 0 Å². The van der Waals surface area contributed by atoms with Crippen LogP contribution in [0.3, 0.4) is 0 Å². The van der Waals surface area contributed by atoms with Gasteiger partial charge in [0.15, 0.2) is 0 Å². The Morgan fingerprint density at radius 3 is 0.632 bits per heavy atom. The van der Waals surface area contributed by atoms with Crippen molar-refractivity contribution in [1.29, 1.82) is 0 Å². The van der Waals surface area contributed by atoms with Crippen molar-refractivity contribution in [3.8, 4) is 33.4 Å².